The maximum atomic E-state index is 5.77. The fraction of sp³-hybridized carbons (Fsp3) is 0.700. The molecule has 1 aromatic heterocycles. The lowest BCUT2D eigenvalue weighted by atomic mass is 9.94. The molecular formula is C10H15N3OS. The lowest BCUT2D eigenvalue weighted by molar-refractivity contribution is 0.176. The Morgan fingerprint density at radius 2 is 2.47 bits per heavy atom. The van der Waals surface area contributed by atoms with Gasteiger partial charge in [0.2, 0.25) is 0 Å². The number of anilines is 1. The van der Waals surface area contributed by atoms with E-state index in [-0.39, 0.29) is 0 Å². The lowest BCUT2D eigenvalue weighted by Crippen LogP contribution is -2.34. The van der Waals surface area contributed by atoms with E-state index in [1.165, 1.54) is 10.6 Å². The van der Waals surface area contributed by atoms with Gasteiger partial charge < -0.3 is 15.8 Å². The smallest absolute Gasteiger partial charge is 0.180 e. The van der Waals surface area contributed by atoms with Crippen molar-refractivity contribution in [2.75, 3.05) is 25.5 Å². The van der Waals surface area contributed by atoms with Gasteiger partial charge in [-0.1, -0.05) is 0 Å². The second kappa shape index (κ2) is 3.73. The van der Waals surface area contributed by atoms with Crippen molar-refractivity contribution in [2.24, 2.45) is 5.92 Å². The van der Waals surface area contributed by atoms with Gasteiger partial charge in [0.1, 0.15) is 0 Å². The second-order valence-corrected chi connectivity index (χ2v) is 5.23. The number of hydrogen-bond acceptors (Lipinski definition) is 5. The average molecular weight is 225 g/mol. The molecule has 15 heavy (non-hydrogen) atoms. The highest BCUT2D eigenvalue weighted by molar-refractivity contribution is 7.15. The molecule has 0 aliphatic carbocycles. The van der Waals surface area contributed by atoms with Gasteiger partial charge in [-0.3, -0.25) is 0 Å². The molecule has 0 bridgehead atoms. The molecule has 3 heterocycles. The average Bonchev–Trinajstić information content (AvgIpc) is 2.82. The highest BCUT2D eigenvalue weighted by atomic mass is 32.1. The molecule has 3 N–H and O–H groups in total. The Kier molecular flexibility index (Phi) is 2.38. The zero-order chi connectivity index (χ0) is 10.3. The summed E-state index contributed by atoms with van der Waals surface area (Å²) in [5.74, 6) is 0.601. The van der Waals surface area contributed by atoms with Crippen molar-refractivity contribution >= 4 is 16.5 Å². The van der Waals surface area contributed by atoms with Crippen LogP contribution in [0.1, 0.15) is 23.0 Å². The van der Waals surface area contributed by atoms with Crippen LogP contribution in [0.4, 0.5) is 5.13 Å². The zero-order valence-corrected chi connectivity index (χ0v) is 9.35. The highest BCUT2D eigenvalue weighted by Crippen LogP contribution is 2.37. The molecule has 0 spiro atoms. The van der Waals surface area contributed by atoms with E-state index in [4.69, 9.17) is 10.5 Å². The van der Waals surface area contributed by atoms with Gasteiger partial charge >= 0.3 is 0 Å². The number of ether oxygens (including phenoxy) is 1. The van der Waals surface area contributed by atoms with Gasteiger partial charge in [0, 0.05) is 36.4 Å². The number of nitrogens with zero attached hydrogens (tertiary/aromatic N) is 1. The minimum atomic E-state index is 0.422. The van der Waals surface area contributed by atoms with Crippen LogP contribution in [0.2, 0.25) is 0 Å². The predicted molar refractivity (Wildman–Crippen MR) is 59.9 cm³/mol. The van der Waals surface area contributed by atoms with Crippen molar-refractivity contribution in [2.45, 2.75) is 18.9 Å². The third-order valence-corrected chi connectivity index (χ3v) is 4.20. The van der Waals surface area contributed by atoms with E-state index in [1.807, 2.05) is 0 Å². The minimum Gasteiger partial charge on any atom is -0.381 e. The van der Waals surface area contributed by atoms with Gasteiger partial charge in [-0.05, 0) is 6.42 Å². The molecule has 5 heteroatoms. The summed E-state index contributed by atoms with van der Waals surface area (Å²) >= 11 is 1.63. The second-order valence-electron chi connectivity index (χ2n) is 4.17. The van der Waals surface area contributed by atoms with Gasteiger partial charge in [-0.2, -0.15) is 0 Å². The summed E-state index contributed by atoms with van der Waals surface area (Å²) in [6.45, 7) is 2.78. The molecular weight excluding hydrogens is 210 g/mol. The first-order valence-corrected chi connectivity index (χ1v) is 6.22. The number of fused-ring (bicyclic) bond motifs is 1. The SMILES string of the molecule is Nc1nc2c(s1)C(C1CCOC1)NCC2. The van der Waals surface area contributed by atoms with Crippen molar-refractivity contribution in [3.63, 3.8) is 0 Å². The summed E-state index contributed by atoms with van der Waals surface area (Å²) in [4.78, 5) is 5.73. The monoisotopic (exact) mass is 225 g/mol. The molecule has 2 unspecified atom stereocenters. The third kappa shape index (κ3) is 1.64. The van der Waals surface area contributed by atoms with Crippen LogP contribution in [0.15, 0.2) is 0 Å². The maximum Gasteiger partial charge on any atom is 0.180 e. The lowest BCUT2D eigenvalue weighted by Gasteiger charge is -2.27. The maximum absolute atomic E-state index is 5.77. The molecule has 1 fully saturated rings. The fourth-order valence-corrected chi connectivity index (χ4v) is 3.49. The first-order valence-electron chi connectivity index (χ1n) is 5.41. The molecule has 82 valence electrons. The van der Waals surface area contributed by atoms with E-state index < -0.39 is 0 Å². The van der Waals surface area contributed by atoms with Crippen molar-refractivity contribution < 1.29 is 4.74 Å². The quantitative estimate of drug-likeness (QED) is 0.747. The molecule has 2 aliphatic rings. The molecule has 1 aromatic rings. The van der Waals surface area contributed by atoms with Crippen molar-refractivity contribution in [3.8, 4) is 0 Å². The van der Waals surface area contributed by atoms with Crippen LogP contribution in [0, 0.1) is 5.92 Å². The number of thiazole rings is 1. The Balaban J connectivity index is 1.90. The van der Waals surface area contributed by atoms with E-state index in [2.05, 4.69) is 10.3 Å². The van der Waals surface area contributed by atoms with Crippen LogP contribution in [0.3, 0.4) is 0 Å². The Bertz CT molecular complexity index is 360. The Hall–Kier alpha value is -0.650. The summed E-state index contributed by atoms with van der Waals surface area (Å²) in [7, 11) is 0. The first kappa shape index (κ1) is 9.57. The van der Waals surface area contributed by atoms with Gasteiger partial charge in [0.25, 0.3) is 0 Å². The molecule has 0 radical (unpaired) electrons. The zero-order valence-electron chi connectivity index (χ0n) is 8.53. The van der Waals surface area contributed by atoms with E-state index in [0.29, 0.717) is 17.1 Å². The summed E-state index contributed by atoms with van der Waals surface area (Å²) in [6, 6.07) is 0.422. The van der Waals surface area contributed by atoms with Crippen LogP contribution < -0.4 is 11.1 Å². The Morgan fingerprint density at radius 1 is 1.53 bits per heavy atom. The molecule has 0 saturated carbocycles. The Morgan fingerprint density at radius 3 is 3.27 bits per heavy atom. The fourth-order valence-electron chi connectivity index (χ4n) is 2.44. The van der Waals surface area contributed by atoms with Gasteiger partial charge in [-0.25, -0.2) is 4.98 Å². The third-order valence-electron chi connectivity index (χ3n) is 3.19. The van der Waals surface area contributed by atoms with Crippen LogP contribution in [-0.4, -0.2) is 24.7 Å². The first-order chi connectivity index (χ1) is 7.34. The van der Waals surface area contributed by atoms with Crippen molar-refractivity contribution in [1.82, 2.24) is 10.3 Å². The largest absolute Gasteiger partial charge is 0.381 e. The van der Waals surface area contributed by atoms with Gasteiger partial charge in [0.15, 0.2) is 5.13 Å². The number of aromatic nitrogens is 1. The highest BCUT2D eigenvalue weighted by Gasteiger charge is 2.32. The van der Waals surface area contributed by atoms with Crippen LogP contribution in [0.25, 0.3) is 0 Å². The summed E-state index contributed by atoms with van der Waals surface area (Å²) < 4.78 is 5.45. The van der Waals surface area contributed by atoms with Crippen molar-refractivity contribution in [1.29, 1.82) is 0 Å². The van der Waals surface area contributed by atoms with E-state index in [0.717, 1.165) is 32.6 Å². The molecule has 2 aliphatic heterocycles. The number of rotatable bonds is 1. The molecule has 2 atom stereocenters. The Labute approximate surface area is 92.8 Å². The number of hydrogen-bond donors (Lipinski definition) is 2. The minimum absolute atomic E-state index is 0.422. The summed E-state index contributed by atoms with van der Waals surface area (Å²) in [6.07, 6.45) is 2.15. The van der Waals surface area contributed by atoms with Gasteiger partial charge in [-0.15, -0.1) is 11.3 Å². The predicted octanol–water partition coefficient (Wildman–Crippen LogP) is 0.949. The van der Waals surface area contributed by atoms with Crippen LogP contribution >= 0.6 is 11.3 Å². The molecule has 0 amide bonds. The number of nitrogen functional groups attached to an aromatic ring is 1. The normalized spacial score (nSPS) is 30.4. The topological polar surface area (TPSA) is 60.2 Å². The number of nitrogens with two attached hydrogens (primary N) is 1. The van der Waals surface area contributed by atoms with E-state index >= 15 is 0 Å². The summed E-state index contributed by atoms with van der Waals surface area (Å²) in [5, 5.41) is 4.27. The molecule has 1 saturated heterocycles. The summed E-state index contributed by atoms with van der Waals surface area (Å²) in [5.41, 5.74) is 6.97. The standard InChI is InChI=1S/C10H15N3OS/c11-10-13-7-1-3-12-8(9(7)15-10)6-2-4-14-5-6/h6,8,12H,1-5H2,(H2,11,13). The van der Waals surface area contributed by atoms with E-state index in [1.54, 1.807) is 11.3 Å². The number of nitrogens with one attached hydrogen (secondary N) is 1. The molecule has 3 rings (SSSR count). The van der Waals surface area contributed by atoms with Crippen LogP contribution in [0.5, 0.6) is 0 Å². The molecule has 0 aromatic carbocycles. The van der Waals surface area contributed by atoms with E-state index in [9.17, 15) is 0 Å². The van der Waals surface area contributed by atoms with Crippen LogP contribution in [-0.2, 0) is 11.2 Å². The molecule has 4 nitrogen and oxygen atoms in total. The van der Waals surface area contributed by atoms with Crippen molar-refractivity contribution in [3.05, 3.63) is 10.6 Å². The van der Waals surface area contributed by atoms with Gasteiger partial charge in [0.05, 0.1) is 12.3 Å².